The first-order valence-electron chi connectivity index (χ1n) is 12.7. The molecule has 2 aromatic rings. The second kappa shape index (κ2) is 10.2. The molecule has 194 valence electrons. The minimum absolute atomic E-state index is 0.223. The summed E-state index contributed by atoms with van der Waals surface area (Å²) in [4.78, 5) is 31.5. The molecule has 1 spiro atoms. The third-order valence-corrected chi connectivity index (χ3v) is 7.49. The Morgan fingerprint density at radius 1 is 1.03 bits per heavy atom. The summed E-state index contributed by atoms with van der Waals surface area (Å²) < 4.78 is 5.42. The van der Waals surface area contributed by atoms with Crippen LogP contribution in [0, 0.1) is 5.41 Å². The molecule has 2 aromatic heterocycles. The Morgan fingerprint density at radius 3 is 2.42 bits per heavy atom. The number of carbonyl (C=O) groups excluding carboxylic acids is 1. The molecule has 0 aromatic carbocycles. The van der Waals surface area contributed by atoms with Crippen LogP contribution in [0.3, 0.4) is 0 Å². The van der Waals surface area contributed by atoms with Gasteiger partial charge >= 0.3 is 0 Å². The van der Waals surface area contributed by atoms with E-state index in [1.807, 2.05) is 12.1 Å². The van der Waals surface area contributed by atoms with Gasteiger partial charge in [0.15, 0.2) is 11.5 Å². The van der Waals surface area contributed by atoms with Crippen molar-refractivity contribution < 1.29 is 19.7 Å². The number of nitrogens with zero attached hydrogens (tertiary/aromatic N) is 5. The van der Waals surface area contributed by atoms with Crippen LogP contribution in [-0.2, 0) is 4.74 Å². The van der Waals surface area contributed by atoms with E-state index in [4.69, 9.17) is 9.72 Å². The molecule has 11 heteroatoms. The molecule has 3 aliphatic rings. The van der Waals surface area contributed by atoms with Gasteiger partial charge in [-0.05, 0) is 50.2 Å². The lowest BCUT2D eigenvalue weighted by molar-refractivity contribution is 0.102. The molecule has 5 rings (SSSR count). The van der Waals surface area contributed by atoms with Crippen molar-refractivity contribution in [1.29, 1.82) is 0 Å². The van der Waals surface area contributed by atoms with E-state index in [-0.39, 0.29) is 24.8 Å². The number of morpholine rings is 1. The third kappa shape index (κ3) is 5.37. The number of hydrogen-bond acceptors (Lipinski definition) is 10. The molecule has 2 aliphatic heterocycles. The number of piperidine rings is 1. The zero-order chi connectivity index (χ0) is 25.2. The van der Waals surface area contributed by atoms with Crippen molar-refractivity contribution in [2.24, 2.45) is 5.41 Å². The van der Waals surface area contributed by atoms with Crippen LogP contribution in [0.5, 0.6) is 0 Å². The molecule has 4 heterocycles. The highest BCUT2D eigenvalue weighted by Crippen LogP contribution is 2.54. The first-order chi connectivity index (χ1) is 17.4. The summed E-state index contributed by atoms with van der Waals surface area (Å²) in [7, 11) is 0. The summed E-state index contributed by atoms with van der Waals surface area (Å²) in [6.07, 6.45) is 6.16. The normalized spacial score (nSPS) is 19.3. The smallest absolute Gasteiger partial charge is 0.279 e. The zero-order valence-electron chi connectivity index (χ0n) is 20.7. The van der Waals surface area contributed by atoms with Crippen molar-refractivity contribution >= 4 is 29.2 Å². The molecular formula is C25H35N7O4. The Labute approximate surface area is 210 Å². The lowest BCUT2D eigenvalue weighted by Gasteiger charge is -2.34. The van der Waals surface area contributed by atoms with E-state index in [0.717, 1.165) is 44.8 Å². The number of amides is 1. The summed E-state index contributed by atoms with van der Waals surface area (Å²) in [6, 6.07) is 5.56. The second-order valence-electron chi connectivity index (χ2n) is 10.4. The van der Waals surface area contributed by atoms with E-state index in [0.29, 0.717) is 36.1 Å². The summed E-state index contributed by atoms with van der Waals surface area (Å²) in [5.41, 5.74) is -0.265. The Balaban J connectivity index is 1.38. The lowest BCUT2D eigenvalue weighted by Crippen LogP contribution is -2.43. The maximum atomic E-state index is 13.4. The van der Waals surface area contributed by atoms with E-state index in [1.165, 1.54) is 19.0 Å². The number of aliphatic hydroxyl groups is 2. The highest BCUT2D eigenvalue weighted by atomic mass is 16.5. The standard InChI is InChI=1S/C25H35N7O4/c1-24(16-33,17-34)30-19-15-26-21(22(28-19)32-9-7-25(5-6-25)8-10-32)23(35)29-18-3-2-4-20(27-18)31-11-13-36-14-12-31/h2-4,15,33-34H,5-14,16-17H2,1H3,(H,28,30)(H,27,29,35). The summed E-state index contributed by atoms with van der Waals surface area (Å²) in [5.74, 6) is 1.75. The van der Waals surface area contributed by atoms with Crippen molar-refractivity contribution in [3.8, 4) is 0 Å². The van der Waals surface area contributed by atoms with Gasteiger partial charge in [0.2, 0.25) is 0 Å². The molecule has 2 saturated heterocycles. The maximum absolute atomic E-state index is 13.4. The fraction of sp³-hybridized carbons (Fsp3) is 0.600. The van der Waals surface area contributed by atoms with Crippen molar-refractivity contribution in [3.05, 3.63) is 30.1 Å². The number of aliphatic hydroxyl groups excluding tert-OH is 2. The van der Waals surface area contributed by atoms with Gasteiger partial charge < -0.3 is 35.4 Å². The average molecular weight is 498 g/mol. The number of carbonyl (C=O) groups is 1. The molecule has 4 N–H and O–H groups in total. The Morgan fingerprint density at radius 2 is 1.75 bits per heavy atom. The van der Waals surface area contributed by atoms with Crippen LogP contribution in [0.15, 0.2) is 24.4 Å². The van der Waals surface area contributed by atoms with Crippen molar-refractivity contribution in [1.82, 2.24) is 15.0 Å². The molecular weight excluding hydrogens is 462 g/mol. The van der Waals surface area contributed by atoms with Gasteiger partial charge in [-0.25, -0.2) is 15.0 Å². The topological polar surface area (TPSA) is 136 Å². The van der Waals surface area contributed by atoms with E-state index in [1.54, 1.807) is 13.0 Å². The number of rotatable bonds is 8. The first-order valence-corrected chi connectivity index (χ1v) is 12.7. The quantitative estimate of drug-likeness (QED) is 0.425. The summed E-state index contributed by atoms with van der Waals surface area (Å²) >= 11 is 0. The molecule has 1 aliphatic carbocycles. The minimum Gasteiger partial charge on any atom is -0.394 e. The van der Waals surface area contributed by atoms with Crippen LogP contribution < -0.4 is 20.4 Å². The lowest BCUT2D eigenvalue weighted by atomic mass is 9.93. The molecule has 0 radical (unpaired) electrons. The van der Waals surface area contributed by atoms with Crippen LogP contribution in [0.25, 0.3) is 0 Å². The van der Waals surface area contributed by atoms with Gasteiger partial charge in [-0.2, -0.15) is 0 Å². The largest absolute Gasteiger partial charge is 0.394 e. The van der Waals surface area contributed by atoms with Gasteiger partial charge in [-0.1, -0.05) is 6.07 Å². The number of anilines is 4. The SMILES string of the molecule is CC(CO)(CO)Nc1cnc(C(=O)Nc2cccc(N3CCOCC3)n2)c(N2CCC3(CC2)CC3)n1. The number of aromatic nitrogens is 3. The Hall–Kier alpha value is -3.02. The van der Waals surface area contributed by atoms with Crippen LogP contribution >= 0.6 is 0 Å². The van der Waals surface area contributed by atoms with Gasteiger partial charge in [-0.15, -0.1) is 0 Å². The minimum atomic E-state index is -0.959. The number of ether oxygens (including phenoxy) is 1. The van der Waals surface area contributed by atoms with E-state index >= 15 is 0 Å². The average Bonchev–Trinajstić information content (AvgIpc) is 3.68. The maximum Gasteiger partial charge on any atom is 0.279 e. The van der Waals surface area contributed by atoms with Gasteiger partial charge in [0.25, 0.3) is 5.91 Å². The molecule has 1 amide bonds. The second-order valence-corrected chi connectivity index (χ2v) is 10.4. The predicted octanol–water partition coefficient (Wildman–Crippen LogP) is 1.50. The van der Waals surface area contributed by atoms with E-state index in [2.05, 4.69) is 30.4 Å². The summed E-state index contributed by atoms with van der Waals surface area (Å²) in [6.45, 7) is 5.57. The van der Waals surface area contributed by atoms with Crippen molar-refractivity contribution in [2.75, 3.05) is 73.0 Å². The highest BCUT2D eigenvalue weighted by Gasteiger charge is 2.45. The van der Waals surface area contributed by atoms with Crippen LogP contribution in [0.2, 0.25) is 0 Å². The molecule has 3 fully saturated rings. The predicted molar refractivity (Wildman–Crippen MR) is 137 cm³/mol. The molecule has 0 atom stereocenters. The van der Waals surface area contributed by atoms with Crippen LogP contribution in [0.1, 0.15) is 43.1 Å². The fourth-order valence-electron chi connectivity index (χ4n) is 4.77. The van der Waals surface area contributed by atoms with Crippen LogP contribution in [-0.4, -0.2) is 89.2 Å². The number of hydrogen-bond donors (Lipinski definition) is 4. The highest BCUT2D eigenvalue weighted by molar-refractivity contribution is 6.05. The fourth-order valence-corrected chi connectivity index (χ4v) is 4.77. The molecule has 11 nitrogen and oxygen atoms in total. The Kier molecular flexibility index (Phi) is 6.96. The number of nitrogens with one attached hydrogen (secondary N) is 2. The van der Waals surface area contributed by atoms with Crippen LogP contribution in [0.4, 0.5) is 23.3 Å². The number of pyridine rings is 1. The van der Waals surface area contributed by atoms with Gasteiger partial charge in [0.05, 0.1) is 38.2 Å². The van der Waals surface area contributed by atoms with Gasteiger partial charge in [0.1, 0.15) is 17.5 Å². The molecule has 1 saturated carbocycles. The summed E-state index contributed by atoms with van der Waals surface area (Å²) in [5, 5.41) is 25.3. The van der Waals surface area contributed by atoms with E-state index < -0.39 is 5.54 Å². The van der Waals surface area contributed by atoms with Crippen molar-refractivity contribution in [3.63, 3.8) is 0 Å². The van der Waals surface area contributed by atoms with E-state index in [9.17, 15) is 15.0 Å². The van der Waals surface area contributed by atoms with Gasteiger partial charge in [0, 0.05) is 26.2 Å². The zero-order valence-corrected chi connectivity index (χ0v) is 20.7. The molecule has 0 bridgehead atoms. The Bertz CT molecular complexity index is 1070. The first kappa shape index (κ1) is 24.7. The molecule has 0 unspecified atom stereocenters. The monoisotopic (exact) mass is 497 g/mol. The van der Waals surface area contributed by atoms with Crippen molar-refractivity contribution in [2.45, 2.75) is 38.1 Å². The molecule has 36 heavy (non-hydrogen) atoms. The third-order valence-electron chi connectivity index (χ3n) is 7.49. The van der Waals surface area contributed by atoms with Gasteiger partial charge in [-0.3, -0.25) is 4.79 Å².